The molecule has 0 aliphatic rings. The van der Waals surface area contributed by atoms with Gasteiger partial charge in [0.2, 0.25) is 0 Å². The highest BCUT2D eigenvalue weighted by Gasteiger charge is 2.13. The molecule has 88 valence electrons. The highest BCUT2D eigenvalue weighted by Crippen LogP contribution is 2.29. The second kappa shape index (κ2) is 4.69. The predicted octanol–water partition coefficient (Wildman–Crippen LogP) is 2.95. The Morgan fingerprint density at radius 3 is 1.94 bits per heavy atom. The molecule has 1 rings (SSSR count). The Morgan fingerprint density at radius 2 is 1.56 bits per heavy atom. The number of hydrogen-bond acceptors (Lipinski definition) is 2. The lowest BCUT2D eigenvalue weighted by Gasteiger charge is -2.25. The first-order valence-corrected chi connectivity index (χ1v) is 5.62. The van der Waals surface area contributed by atoms with E-state index in [-0.39, 0.29) is 5.78 Å². The highest BCUT2D eigenvalue weighted by atomic mass is 16.1. The first kappa shape index (κ1) is 12.8. The molecule has 0 aliphatic carbocycles. The topological polar surface area (TPSA) is 20.3 Å². The molecule has 0 fully saturated rings. The Hall–Kier alpha value is -1.31. The van der Waals surface area contributed by atoms with Crippen molar-refractivity contribution in [2.45, 2.75) is 34.6 Å². The molecule has 0 radical (unpaired) electrons. The van der Waals surface area contributed by atoms with Gasteiger partial charge in [0.15, 0.2) is 0 Å². The second-order valence-corrected chi connectivity index (χ2v) is 4.67. The fourth-order valence-electron chi connectivity index (χ4n) is 2.18. The van der Waals surface area contributed by atoms with Crippen molar-refractivity contribution in [3.05, 3.63) is 28.3 Å². The van der Waals surface area contributed by atoms with Crippen LogP contribution in [0.2, 0.25) is 0 Å². The van der Waals surface area contributed by atoms with Crippen molar-refractivity contribution in [3.63, 3.8) is 0 Å². The lowest BCUT2D eigenvalue weighted by molar-refractivity contribution is -0.115. The molecule has 0 amide bonds. The molecule has 0 heterocycles. The smallest absolute Gasteiger partial charge is 0.149 e. The van der Waals surface area contributed by atoms with Crippen LogP contribution in [0.1, 0.15) is 29.2 Å². The van der Waals surface area contributed by atoms with E-state index in [0.717, 1.165) is 0 Å². The number of benzene rings is 1. The molecule has 0 spiro atoms. The largest absolute Gasteiger partial charge is 0.367 e. The third-order valence-corrected chi connectivity index (χ3v) is 3.17. The molecule has 16 heavy (non-hydrogen) atoms. The fourth-order valence-corrected chi connectivity index (χ4v) is 2.18. The number of anilines is 1. The van der Waals surface area contributed by atoms with Crippen LogP contribution in [0.5, 0.6) is 0 Å². The zero-order valence-electron chi connectivity index (χ0n) is 11.1. The highest BCUT2D eigenvalue weighted by molar-refractivity contribution is 5.82. The molecule has 0 unspecified atom stereocenters. The zero-order chi connectivity index (χ0) is 12.5. The summed E-state index contributed by atoms with van der Waals surface area (Å²) >= 11 is 0. The van der Waals surface area contributed by atoms with Crippen molar-refractivity contribution in [1.82, 2.24) is 0 Å². The SMILES string of the molecule is CC(=O)CN(C)c1c(C)c(C)cc(C)c1C. The fraction of sp³-hybridized carbons (Fsp3) is 0.500. The molecule has 2 nitrogen and oxygen atoms in total. The van der Waals surface area contributed by atoms with Crippen LogP contribution in [-0.2, 0) is 4.79 Å². The minimum absolute atomic E-state index is 0.195. The summed E-state index contributed by atoms with van der Waals surface area (Å²) in [5, 5.41) is 0. The van der Waals surface area contributed by atoms with E-state index in [0.29, 0.717) is 6.54 Å². The zero-order valence-corrected chi connectivity index (χ0v) is 11.1. The molecule has 0 bridgehead atoms. The molecule has 1 aromatic carbocycles. The summed E-state index contributed by atoms with van der Waals surface area (Å²) in [6, 6.07) is 2.20. The Kier molecular flexibility index (Phi) is 3.74. The van der Waals surface area contributed by atoms with Crippen LogP contribution in [0.4, 0.5) is 5.69 Å². The van der Waals surface area contributed by atoms with Crippen LogP contribution in [0.3, 0.4) is 0 Å². The number of Topliss-reactive ketones (excluding diaryl/α,β-unsaturated/α-hetero) is 1. The molecular formula is C14H21NO. The minimum atomic E-state index is 0.195. The Labute approximate surface area is 98.3 Å². The van der Waals surface area contributed by atoms with Gasteiger partial charge in [-0.1, -0.05) is 6.07 Å². The lowest BCUT2D eigenvalue weighted by Crippen LogP contribution is -2.25. The summed E-state index contributed by atoms with van der Waals surface area (Å²) in [4.78, 5) is 13.2. The van der Waals surface area contributed by atoms with E-state index >= 15 is 0 Å². The van der Waals surface area contributed by atoms with E-state index in [4.69, 9.17) is 0 Å². The molecule has 0 N–H and O–H groups in total. The maximum absolute atomic E-state index is 11.2. The summed E-state index contributed by atoms with van der Waals surface area (Å²) in [7, 11) is 1.98. The molecule has 1 aromatic rings. The van der Waals surface area contributed by atoms with Crippen LogP contribution in [0.15, 0.2) is 6.07 Å². The third kappa shape index (κ3) is 2.43. The van der Waals surface area contributed by atoms with Gasteiger partial charge in [-0.15, -0.1) is 0 Å². The van der Waals surface area contributed by atoms with E-state index in [1.165, 1.54) is 27.9 Å². The van der Waals surface area contributed by atoms with E-state index in [2.05, 4.69) is 33.8 Å². The lowest BCUT2D eigenvalue weighted by atomic mass is 9.98. The Morgan fingerprint density at radius 1 is 1.12 bits per heavy atom. The number of carbonyl (C=O) groups excluding carboxylic acids is 1. The van der Waals surface area contributed by atoms with Gasteiger partial charge in [-0.05, 0) is 56.9 Å². The number of ketones is 1. The van der Waals surface area contributed by atoms with Gasteiger partial charge < -0.3 is 4.90 Å². The maximum Gasteiger partial charge on any atom is 0.149 e. The van der Waals surface area contributed by atoms with Crippen LogP contribution in [0.25, 0.3) is 0 Å². The summed E-state index contributed by atoms with van der Waals surface area (Å²) < 4.78 is 0. The van der Waals surface area contributed by atoms with Gasteiger partial charge in [0.25, 0.3) is 0 Å². The predicted molar refractivity (Wildman–Crippen MR) is 69.3 cm³/mol. The van der Waals surface area contributed by atoms with Gasteiger partial charge in [-0.25, -0.2) is 0 Å². The number of aryl methyl sites for hydroxylation is 2. The van der Waals surface area contributed by atoms with Crippen molar-refractivity contribution in [1.29, 1.82) is 0 Å². The summed E-state index contributed by atoms with van der Waals surface area (Å²) in [6.07, 6.45) is 0. The number of rotatable bonds is 3. The first-order chi connectivity index (χ1) is 7.34. The normalized spacial score (nSPS) is 10.4. The standard InChI is InChI=1S/C14H21NO/c1-9-7-10(2)13(5)14(12(9)4)15(6)8-11(3)16/h7H,8H2,1-6H3. The van der Waals surface area contributed by atoms with E-state index < -0.39 is 0 Å². The third-order valence-electron chi connectivity index (χ3n) is 3.17. The van der Waals surface area contributed by atoms with Crippen molar-refractivity contribution >= 4 is 11.5 Å². The van der Waals surface area contributed by atoms with Crippen LogP contribution >= 0.6 is 0 Å². The van der Waals surface area contributed by atoms with Gasteiger partial charge in [0.05, 0.1) is 6.54 Å². The summed E-state index contributed by atoms with van der Waals surface area (Å²) in [5.41, 5.74) is 6.31. The molecular weight excluding hydrogens is 198 g/mol. The van der Waals surface area contributed by atoms with E-state index in [1.807, 2.05) is 11.9 Å². The Balaban J connectivity index is 3.26. The van der Waals surface area contributed by atoms with Gasteiger partial charge in [-0.3, -0.25) is 4.79 Å². The van der Waals surface area contributed by atoms with Gasteiger partial charge in [-0.2, -0.15) is 0 Å². The van der Waals surface area contributed by atoms with Crippen molar-refractivity contribution in [2.24, 2.45) is 0 Å². The number of likely N-dealkylation sites (N-methyl/N-ethyl adjacent to an activating group) is 1. The maximum atomic E-state index is 11.2. The number of carbonyl (C=O) groups is 1. The molecule has 0 aliphatic heterocycles. The molecule has 2 heteroatoms. The van der Waals surface area contributed by atoms with E-state index in [1.54, 1.807) is 6.92 Å². The summed E-state index contributed by atoms with van der Waals surface area (Å²) in [6.45, 7) is 10.6. The molecule has 0 aromatic heterocycles. The number of nitrogens with zero attached hydrogens (tertiary/aromatic N) is 1. The first-order valence-electron chi connectivity index (χ1n) is 5.62. The van der Waals surface area contributed by atoms with Crippen LogP contribution in [-0.4, -0.2) is 19.4 Å². The quantitative estimate of drug-likeness (QED) is 0.779. The summed E-state index contributed by atoms with van der Waals surface area (Å²) in [5.74, 6) is 0.195. The number of hydrogen-bond donors (Lipinski definition) is 0. The van der Waals surface area contributed by atoms with Gasteiger partial charge in [0, 0.05) is 12.7 Å². The van der Waals surface area contributed by atoms with Crippen molar-refractivity contribution in [3.8, 4) is 0 Å². The van der Waals surface area contributed by atoms with Gasteiger partial charge >= 0.3 is 0 Å². The van der Waals surface area contributed by atoms with Crippen molar-refractivity contribution in [2.75, 3.05) is 18.5 Å². The van der Waals surface area contributed by atoms with E-state index in [9.17, 15) is 4.79 Å². The molecule has 0 saturated heterocycles. The monoisotopic (exact) mass is 219 g/mol. The van der Waals surface area contributed by atoms with Crippen molar-refractivity contribution < 1.29 is 4.79 Å². The molecule has 0 atom stereocenters. The average molecular weight is 219 g/mol. The van der Waals surface area contributed by atoms with Crippen LogP contribution in [0, 0.1) is 27.7 Å². The minimum Gasteiger partial charge on any atom is -0.367 e. The average Bonchev–Trinajstić information content (AvgIpc) is 2.14. The second-order valence-electron chi connectivity index (χ2n) is 4.67. The molecule has 0 saturated carbocycles. The van der Waals surface area contributed by atoms with Gasteiger partial charge in [0.1, 0.15) is 5.78 Å². The Bertz CT molecular complexity index is 395. The van der Waals surface area contributed by atoms with Crippen LogP contribution < -0.4 is 4.90 Å².